The fourth-order valence-corrected chi connectivity index (χ4v) is 1.06. The van der Waals surface area contributed by atoms with Crippen LogP contribution in [0.2, 0.25) is 0 Å². The maximum Gasteiger partial charge on any atom is 0.130 e. The summed E-state index contributed by atoms with van der Waals surface area (Å²) < 4.78 is 4.83. The summed E-state index contributed by atoms with van der Waals surface area (Å²) in [5.41, 5.74) is 1.33. The van der Waals surface area contributed by atoms with E-state index in [9.17, 15) is 0 Å². The molecule has 0 bridgehead atoms. The quantitative estimate of drug-likeness (QED) is 0.765. The molecule has 2 aromatic rings. The number of fused-ring (bicyclic) bond motifs is 1. The molecule has 0 aliphatic rings. The second-order valence-electron chi connectivity index (χ2n) is 2.75. The first kappa shape index (κ1) is 11.5. The van der Waals surface area contributed by atoms with Gasteiger partial charge in [-0.15, -0.1) is 5.10 Å². The first-order valence-electron chi connectivity index (χ1n) is 4.87. The molecule has 1 heterocycles. The Bertz CT molecular complexity index is 398. The normalized spacial score (nSPS) is 9.73. The molecule has 0 aliphatic heterocycles. The average molecular weight is 209 g/mol. The number of hydrogen-bond donors (Lipinski definition) is 1. The van der Waals surface area contributed by atoms with Crippen LogP contribution >= 0.6 is 0 Å². The van der Waals surface area contributed by atoms with E-state index < -0.39 is 0 Å². The van der Waals surface area contributed by atoms with Crippen LogP contribution in [0.25, 0.3) is 11.0 Å². The molecule has 0 fully saturated rings. The van der Waals surface area contributed by atoms with Crippen LogP contribution in [-0.2, 0) is 4.74 Å². The van der Waals surface area contributed by atoms with E-state index in [0.717, 1.165) is 18.1 Å². The Morgan fingerprint density at radius 2 is 1.93 bits per heavy atom. The number of hydrogen-bond acceptors (Lipinski definition) is 4. The minimum atomic E-state index is 0.627. The summed E-state index contributed by atoms with van der Waals surface area (Å²) in [4.78, 5) is 0.759. The molecule has 5 heteroatoms. The highest BCUT2D eigenvalue weighted by Crippen LogP contribution is 2.06. The predicted octanol–water partition coefficient (Wildman–Crippen LogP) is 1.71. The summed E-state index contributed by atoms with van der Waals surface area (Å²) >= 11 is 0. The van der Waals surface area contributed by atoms with Crippen LogP contribution in [-0.4, -0.2) is 33.6 Å². The van der Waals surface area contributed by atoms with Crippen LogP contribution in [0.15, 0.2) is 24.3 Å². The van der Waals surface area contributed by atoms with Gasteiger partial charge in [-0.3, -0.25) is 0 Å². The van der Waals surface area contributed by atoms with Gasteiger partial charge in [-0.05, 0) is 31.2 Å². The lowest BCUT2D eigenvalue weighted by Crippen LogP contribution is -1.90. The van der Waals surface area contributed by atoms with Gasteiger partial charge in [0.2, 0.25) is 0 Å². The number of aromatic nitrogens is 3. The smallest absolute Gasteiger partial charge is 0.130 e. The molecule has 0 saturated heterocycles. The van der Waals surface area contributed by atoms with Crippen molar-refractivity contribution in [1.82, 2.24) is 15.2 Å². The molecule has 0 amide bonds. The molecule has 0 aliphatic carbocycles. The first-order chi connectivity index (χ1) is 7.29. The lowest BCUT2D eigenvalue weighted by atomic mass is 10.3. The van der Waals surface area contributed by atoms with Gasteiger partial charge in [0, 0.05) is 13.2 Å². The zero-order valence-corrected chi connectivity index (χ0v) is 8.92. The fourth-order valence-electron chi connectivity index (χ4n) is 1.06. The second kappa shape index (κ2) is 5.98. The maximum atomic E-state index is 8.95. The van der Waals surface area contributed by atoms with E-state index in [0.29, 0.717) is 11.0 Å². The van der Waals surface area contributed by atoms with Crippen molar-refractivity contribution in [2.24, 2.45) is 0 Å². The van der Waals surface area contributed by atoms with Gasteiger partial charge in [-0.1, -0.05) is 17.0 Å². The molecule has 0 unspecified atom stereocenters. The lowest BCUT2D eigenvalue weighted by molar-refractivity contribution is 0.154. The van der Waals surface area contributed by atoms with E-state index in [1.165, 1.54) is 0 Å². The van der Waals surface area contributed by atoms with E-state index >= 15 is 0 Å². The standard InChI is InChI=1S/C6H5N3O.C4H10O/c10-9-6-4-2-1-3-5(6)7-8-9;1-3-5-4-2/h1-4,10H;3-4H2,1-2H3. The number of benzene rings is 1. The van der Waals surface area contributed by atoms with Crippen molar-refractivity contribution < 1.29 is 9.94 Å². The van der Waals surface area contributed by atoms with E-state index in [1.807, 2.05) is 26.0 Å². The second-order valence-corrected chi connectivity index (χ2v) is 2.75. The SMILES string of the molecule is CCOCC.On1nnc2ccccc21. The molecule has 2 rings (SSSR count). The molecule has 0 radical (unpaired) electrons. The third-order valence-electron chi connectivity index (χ3n) is 1.74. The molecule has 0 spiro atoms. The fraction of sp³-hybridized carbons (Fsp3) is 0.400. The van der Waals surface area contributed by atoms with Crippen molar-refractivity contribution in [1.29, 1.82) is 0 Å². The van der Waals surface area contributed by atoms with Crippen molar-refractivity contribution >= 4 is 11.0 Å². The van der Waals surface area contributed by atoms with E-state index in [-0.39, 0.29) is 0 Å². The van der Waals surface area contributed by atoms with Crippen LogP contribution in [0.3, 0.4) is 0 Å². The Balaban J connectivity index is 0.000000195. The monoisotopic (exact) mass is 209 g/mol. The van der Waals surface area contributed by atoms with Gasteiger partial charge in [0.1, 0.15) is 11.0 Å². The van der Waals surface area contributed by atoms with Gasteiger partial charge in [-0.25, -0.2) is 0 Å². The van der Waals surface area contributed by atoms with Crippen LogP contribution in [0.1, 0.15) is 13.8 Å². The third-order valence-corrected chi connectivity index (χ3v) is 1.74. The first-order valence-corrected chi connectivity index (χ1v) is 4.87. The van der Waals surface area contributed by atoms with Gasteiger partial charge >= 0.3 is 0 Å². The zero-order chi connectivity index (χ0) is 11.1. The zero-order valence-electron chi connectivity index (χ0n) is 8.92. The highest BCUT2D eigenvalue weighted by atomic mass is 16.5. The van der Waals surface area contributed by atoms with Crippen LogP contribution in [0.5, 0.6) is 0 Å². The van der Waals surface area contributed by atoms with Crippen LogP contribution in [0.4, 0.5) is 0 Å². The molecule has 1 aromatic heterocycles. The minimum Gasteiger partial charge on any atom is -0.410 e. The predicted molar refractivity (Wildman–Crippen MR) is 56.9 cm³/mol. The summed E-state index contributed by atoms with van der Waals surface area (Å²) in [5, 5.41) is 16.1. The van der Waals surface area contributed by atoms with Gasteiger partial charge in [-0.2, -0.15) is 0 Å². The van der Waals surface area contributed by atoms with E-state index in [4.69, 9.17) is 9.94 Å². The highest BCUT2D eigenvalue weighted by molar-refractivity contribution is 5.73. The van der Waals surface area contributed by atoms with Crippen molar-refractivity contribution in [3.8, 4) is 0 Å². The molecule has 5 nitrogen and oxygen atoms in total. The van der Waals surface area contributed by atoms with Gasteiger partial charge in [0.25, 0.3) is 0 Å². The Morgan fingerprint density at radius 1 is 1.27 bits per heavy atom. The summed E-state index contributed by atoms with van der Waals surface area (Å²) in [7, 11) is 0. The van der Waals surface area contributed by atoms with Gasteiger partial charge < -0.3 is 9.94 Å². The molecule has 1 aromatic carbocycles. The Morgan fingerprint density at radius 3 is 2.47 bits per heavy atom. The molecule has 82 valence electrons. The Hall–Kier alpha value is -1.62. The van der Waals surface area contributed by atoms with Gasteiger partial charge in [0.05, 0.1) is 0 Å². The van der Waals surface area contributed by atoms with Gasteiger partial charge in [0.15, 0.2) is 0 Å². The number of ether oxygens (including phenoxy) is 1. The van der Waals surface area contributed by atoms with Crippen molar-refractivity contribution in [3.63, 3.8) is 0 Å². The van der Waals surface area contributed by atoms with Crippen molar-refractivity contribution in [2.45, 2.75) is 13.8 Å². The molecular weight excluding hydrogens is 194 g/mol. The lowest BCUT2D eigenvalue weighted by Gasteiger charge is -1.86. The molecule has 0 atom stereocenters. The molecule has 1 N–H and O–H groups in total. The number of nitrogens with zero attached hydrogens (tertiary/aromatic N) is 3. The van der Waals surface area contributed by atoms with Crippen LogP contribution in [0, 0.1) is 0 Å². The summed E-state index contributed by atoms with van der Waals surface area (Å²) in [6.07, 6.45) is 0. The summed E-state index contributed by atoms with van der Waals surface area (Å²) in [5.74, 6) is 0. The third kappa shape index (κ3) is 3.21. The molecule has 15 heavy (non-hydrogen) atoms. The average Bonchev–Trinajstić information content (AvgIpc) is 2.64. The topological polar surface area (TPSA) is 60.2 Å². The summed E-state index contributed by atoms with van der Waals surface area (Å²) in [6, 6.07) is 7.19. The Labute approximate surface area is 88.2 Å². The largest absolute Gasteiger partial charge is 0.410 e. The maximum absolute atomic E-state index is 8.95. The van der Waals surface area contributed by atoms with Crippen molar-refractivity contribution in [2.75, 3.05) is 13.2 Å². The minimum absolute atomic E-state index is 0.627. The molecular formula is C10H15N3O2. The van der Waals surface area contributed by atoms with Crippen molar-refractivity contribution in [3.05, 3.63) is 24.3 Å². The Kier molecular flexibility index (Phi) is 4.56. The number of rotatable bonds is 2. The summed E-state index contributed by atoms with van der Waals surface area (Å²) in [6.45, 7) is 5.67. The van der Waals surface area contributed by atoms with E-state index in [1.54, 1.807) is 12.1 Å². The highest BCUT2D eigenvalue weighted by Gasteiger charge is 1.98. The molecule has 0 saturated carbocycles. The van der Waals surface area contributed by atoms with Crippen LogP contribution < -0.4 is 0 Å². The number of para-hydroxylation sites is 1. The van der Waals surface area contributed by atoms with E-state index in [2.05, 4.69) is 10.3 Å².